The molecule has 2 aliphatic rings. The van der Waals surface area contributed by atoms with E-state index >= 15 is 0 Å². The van der Waals surface area contributed by atoms with E-state index in [9.17, 15) is 19.6 Å². The molecule has 27 heavy (non-hydrogen) atoms. The summed E-state index contributed by atoms with van der Waals surface area (Å²) in [6, 6.07) is 9.11. The maximum absolute atomic E-state index is 13.2. The average Bonchev–Trinajstić information content (AvgIpc) is 2.86. The lowest BCUT2D eigenvalue weighted by Gasteiger charge is -2.33. The van der Waals surface area contributed by atoms with E-state index in [-0.39, 0.29) is 5.92 Å². The van der Waals surface area contributed by atoms with E-state index in [0.717, 1.165) is 28.9 Å². The summed E-state index contributed by atoms with van der Waals surface area (Å²) in [6.45, 7) is 4.87. The molecule has 1 spiro atoms. The Morgan fingerprint density at radius 2 is 2.11 bits per heavy atom. The van der Waals surface area contributed by atoms with Crippen LogP contribution in [0.1, 0.15) is 44.7 Å². The van der Waals surface area contributed by atoms with E-state index in [2.05, 4.69) is 16.7 Å². The number of benzene rings is 1. The minimum absolute atomic E-state index is 0.119. The molecule has 0 saturated carbocycles. The normalized spacial score (nSPS) is 23.6. The van der Waals surface area contributed by atoms with Gasteiger partial charge in [0.25, 0.3) is 5.91 Å². The van der Waals surface area contributed by atoms with Gasteiger partial charge in [-0.3, -0.25) is 14.5 Å². The highest BCUT2D eigenvalue weighted by atomic mass is 16.2. The van der Waals surface area contributed by atoms with Crippen molar-refractivity contribution in [2.75, 3.05) is 6.54 Å². The molecule has 4 amide bonds. The molecule has 142 valence electrons. The Morgan fingerprint density at radius 1 is 1.41 bits per heavy atom. The van der Waals surface area contributed by atoms with E-state index < -0.39 is 35.5 Å². The van der Waals surface area contributed by atoms with Crippen molar-refractivity contribution in [3.63, 3.8) is 0 Å². The fraction of sp³-hybridized carbons (Fsp3) is 0.500. The molecule has 1 aromatic carbocycles. The summed E-state index contributed by atoms with van der Waals surface area (Å²) in [7, 11) is 0. The first kappa shape index (κ1) is 18.9. The highest BCUT2D eigenvalue weighted by molar-refractivity contribution is 6.09. The molecule has 0 aromatic heterocycles. The first-order chi connectivity index (χ1) is 12.7. The van der Waals surface area contributed by atoms with E-state index in [1.54, 1.807) is 6.92 Å². The number of fused-ring (bicyclic) bond motifs is 2. The van der Waals surface area contributed by atoms with Crippen molar-refractivity contribution in [3.8, 4) is 6.07 Å². The summed E-state index contributed by atoms with van der Waals surface area (Å²) >= 11 is 0. The molecule has 1 aliphatic carbocycles. The first-order valence-corrected chi connectivity index (χ1v) is 9.18. The molecule has 7 heteroatoms. The van der Waals surface area contributed by atoms with E-state index in [1.165, 1.54) is 0 Å². The maximum atomic E-state index is 13.2. The standard InChI is InChI=1S/C20H24N4O3/c1-13(2)19(3,12-21)22-16(25)11-24-17(26)20(23-18(24)27)10-6-8-14-7-4-5-9-15(14)20/h4-5,7,9,13H,6,8,10-11H2,1-3H3,(H,22,25)(H,23,27)/t19-,20+/m1/s1. The van der Waals surface area contributed by atoms with Gasteiger partial charge in [-0.1, -0.05) is 38.1 Å². The molecule has 1 heterocycles. The minimum atomic E-state index is -1.09. The van der Waals surface area contributed by atoms with Gasteiger partial charge in [0.2, 0.25) is 5.91 Å². The van der Waals surface area contributed by atoms with Crippen LogP contribution in [0.15, 0.2) is 24.3 Å². The molecule has 1 saturated heterocycles. The Balaban J connectivity index is 1.82. The van der Waals surface area contributed by atoms with E-state index in [0.29, 0.717) is 6.42 Å². The quantitative estimate of drug-likeness (QED) is 0.792. The molecular weight excluding hydrogens is 344 g/mol. The molecule has 2 atom stereocenters. The van der Waals surface area contributed by atoms with Gasteiger partial charge < -0.3 is 10.6 Å². The second-order valence-corrected chi connectivity index (χ2v) is 7.75. The second-order valence-electron chi connectivity index (χ2n) is 7.75. The molecule has 1 fully saturated rings. The van der Waals surface area contributed by atoms with Gasteiger partial charge in [-0.05, 0) is 43.2 Å². The van der Waals surface area contributed by atoms with Gasteiger partial charge in [-0.15, -0.1) is 0 Å². The third-order valence-electron chi connectivity index (χ3n) is 5.74. The highest BCUT2D eigenvalue weighted by Crippen LogP contribution is 2.39. The summed E-state index contributed by atoms with van der Waals surface area (Å²) in [5.41, 5.74) is -0.309. The Hall–Kier alpha value is -2.88. The Labute approximate surface area is 158 Å². The lowest BCUT2D eigenvalue weighted by Crippen LogP contribution is -2.53. The number of carbonyl (C=O) groups excluding carboxylic acids is 3. The smallest absolute Gasteiger partial charge is 0.325 e. The first-order valence-electron chi connectivity index (χ1n) is 9.18. The van der Waals surface area contributed by atoms with Crippen molar-refractivity contribution in [1.29, 1.82) is 5.26 Å². The van der Waals surface area contributed by atoms with Crippen LogP contribution in [0.3, 0.4) is 0 Å². The van der Waals surface area contributed by atoms with Crippen molar-refractivity contribution in [3.05, 3.63) is 35.4 Å². The van der Waals surface area contributed by atoms with Crippen LogP contribution in [0.4, 0.5) is 4.79 Å². The molecule has 1 aliphatic heterocycles. The monoisotopic (exact) mass is 368 g/mol. The zero-order chi connectivity index (χ0) is 19.8. The predicted molar refractivity (Wildman–Crippen MR) is 98.3 cm³/mol. The third kappa shape index (κ3) is 3.05. The lowest BCUT2D eigenvalue weighted by molar-refractivity contribution is -0.136. The van der Waals surface area contributed by atoms with Gasteiger partial charge in [-0.2, -0.15) is 5.26 Å². The van der Waals surface area contributed by atoms with Gasteiger partial charge in [-0.25, -0.2) is 4.79 Å². The lowest BCUT2D eigenvalue weighted by atomic mass is 9.76. The molecular formula is C20H24N4O3. The van der Waals surface area contributed by atoms with Crippen LogP contribution in [-0.4, -0.2) is 34.8 Å². The zero-order valence-electron chi connectivity index (χ0n) is 15.8. The largest absolute Gasteiger partial charge is 0.336 e. The van der Waals surface area contributed by atoms with E-state index in [4.69, 9.17) is 0 Å². The molecule has 1 aromatic rings. The average molecular weight is 368 g/mol. The van der Waals surface area contributed by atoms with Crippen LogP contribution in [0.25, 0.3) is 0 Å². The number of nitrogens with one attached hydrogen (secondary N) is 2. The summed E-state index contributed by atoms with van der Waals surface area (Å²) in [5, 5.41) is 14.8. The van der Waals surface area contributed by atoms with Crippen molar-refractivity contribution < 1.29 is 14.4 Å². The highest BCUT2D eigenvalue weighted by Gasteiger charge is 2.54. The number of hydrogen-bond donors (Lipinski definition) is 2. The summed E-state index contributed by atoms with van der Waals surface area (Å²) in [6.07, 6.45) is 2.15. The van der Waals surface area contributed by atoms with Crippen LogP contribution in [0.5, 0.6) is 0 Å². The predicted octanol–water partition coefficient (Wildman–Crippen LogP) is 1.82. The van der Waals surface area contributed by atoms with Gasteiger partial charge in [0.15, 0.2) is 0 Å². The summed E-state index contributed by atoms with van der Waals surface area (Å²) in [5.74, 6) is -1.05. The second kappa shape index (κ2) is 6.69. The van der Waals surface area contributed by atoms with Crippen molar-refractivity contribution in [2.24, 2.45) is 5.92 Å². The fourth-order valence-corrected chi connectivity index (χ4v) is 3.73. The number of amides is 4. The number of urea groups is 1. The molecule has 0 radical (unpaired) electrons. The zero-order valence-corrected chi connectivity index (χ0v) is 15.8. The number of nitriles is 1. The summed E-state index contributed by atoms with van der Waals surface area (Å²) < 4.78 is 0. The van der Waals surface area contributed by atoms with Crippen LogP contribution in [0, 0.1) is 17.2 Å². The van der Waals surface area contributed by atoms with Crippen molar-refractivity contribution in [2.45, 2.75) is 51.1 Å². The Bertz CT molecular complexity index is 844. The molecule has 2 N–H and O–H groups in total. The summed E-state index contributed by atoms with van der Waals surface area (Å²) in [4.78, 5) is 39.1. The van der Waals surface area contributed by atoms with Gasteiger partial charge in [0.05, 0.1) is 6.07 Å². The van der Waals surface area contributed by atoms with Crippen molar-refractivity contribution >= 4 is 17.8 Å². The molecule has 3 rings (SSSR count). The molecule has 0 unspecified atom stereocenters. The van der Waals surface area contributed by atoms with Crippen LogP contribution in [-0.2, 0) is 21.5 Å². The minimum Gasteiger partial charge on any atom is -0.336 e. The maximum Gasteiger partial charge on any atom is 0.325 e. The van der Waals surface area contributed by atoms with Crippen LogP contribution >= 0.6 is 0 Å². The van der Waals surface area contributed by atoms with Gasteiger partial charge >= 0.3 is 6.03 Å². The molecule has 7 nitrogen and oxygen atoms in total. The Morgan fingerprint density at radius 3 is 2.78 bits per heavy atom. The number of imide groups is 1. The number of nitrogens with zero attached hydrogens (tertiary/aromatic N) is 2. The van der Waals surface area contributed by atoms with Crippen molar-refractivity contribution in [1.82, 2.24) is 15.5 Å². The number of hydrogen-bond acceptors (Lipinski definition) is 4. The Kier molecular flexibility index (Phi) is 4.68. The topological polar surface area (TPSA) is 102 Å². The third-order valence-corrected chi connectivity index (χ3v) is 5.74. The van der Waals surface area contributed by atoms with E-state index in [1.807, 2.05) is 38.1 Å². The molecule has 0 bridgehead atoms. The SMILES string of the molecule is CC(C)[C@@](C)(C#N)NC(=O)CN1C(=O)N[C@]2(CCCc3ccccc32)C1=O. The number of rotatable bonds is 4. The van der Waals surface area contributed by atoms with Crippen LogP contribution in [0.2, 0.25) is 0 Å². The van der Waals surface area contributed by atoms with Gasteiger partial charge in [0, 0.05) is 0 Å². The van der Waals surface area contributed by atoms with Crippen LogP contribution < -0.4 is 10.6 Å². The van der Waals surface area contributed by atoms with Gasteiger partial charge in [0.1, 0.15) is 17.6 Å². The number of aryl methyl sites for hydroxylation is 1. The number of carbonyl (C=O) groups is 3. The fourth-order valence-electron chi connectivity index (χ4n) is 3.73.